The van der Waals surface area contributed by atoms with Crippen LogP contribution in [0.25, 0.3) is 6.08 Å². The minimum absolute atomic E-state index is 0.0679. The van der Waals surface area contributed by atoms with Crippen molar-refractivity contribution in [1.82, 2.24) is 4.90 Å². The molecule has 0 bridgehead atoms. The minimum Gasteiger partial charge on any atom is -0.339 e. The summed E-state index contributed by atoms with van der Waals surface area (Å²) >= 11 is 0. The summed E-state index contributed by atoms with van der Waals surface area (Å²) in [7, 11) is 0. The highest BCUT2D eigenvalue weighted by Crippen LogP contribution is 2.03. The zero-order valence-corrected chi connectivity index (χ0v) is 11.0. The molecule has 0 atom stereocenters. The third-order valence-corrected chi connectivity index (χ3v) is 2.79. The molecule has 2 N–H and O–H groups in total. The van der Waals surface area contributed by atoms with Gasteiger partial charge in [-0.3, -0.25) is 4.79 Å². The van der Waals surface area contributed by atoms with Crippen LogP contribution in [-0.4, -0.2) is 30.4 Å². The molecule has 3 heteroatoms. The van der Waals surface area contributed by atoms with Crippen molar-refractivity contribution in [3.8, 4) is 0 Å². The highest BCUT2D eigenvalue weighted by molar-refractivity contribution is 5.91. The molecule has 0 saturated carbocycles. The van der Waals surface area contributed by atoms with Crippen LogP contribution in [0.2, 0.25) is 0 Å². The molecule has 0 saturated heterocycles. The topological polar surface area (TPSA) is 46.3 Å². The van der Waals surface area contributed by atoms with E-state index in [9.17, 15) is 4.79 Å². The lowest BCUT2D eigenvalue weighted by Gasteiger charge is -2.18. The fraction of sp³-hybridized carbons (Fsp3) is 0.400. The molecule has 98 valence electrons. The number of likely N-dealkylation sites (N-methyl/N-ethyl adjacent to an activating group) is 1. The van der Waals surface area contributed by atoms with Gasteiger partial charge in [-0.25, -0.2) is 0 Å². The second-order valence-electron chi connectivity index (χ2n) is 4.16. The summed E-state index contributed by atoms with van der Waals surface area (Å²) in [4.78, 5) is 13.8. The first kappa shape index (κ1) is 14.5. The number of unbranched alkanes of at least 4 members (excludes halogenated alkanes) is 1. The number of hydrogen-bond acceptors (Lipinski definition) is 2. The molecular formula is C15H22N2O. The predicted octanol–water partition coefficient (Wildman–Crippen LogP) is 2.29. The van der Waals surface area contributed by atoms with Gasteiger partial charge in [-0.05, 0) is 37.9 Å². The van der Waals surface area contributed by atoms with Crippen LogP contribution in [0.3, 0.4) is 0 Å². The van der Waals surface area contributed by atoms with E-state index < -0.39 is 0 Å². The normalized spacial score (nSPS) is 10.8. The first-order valence-corrected chi connectivity index (χ1v) is 6.50. The molecule has 0 radical (unpaired) electrons. The Bertz CT molecular complexity index is 373. The van der Waals surface area contributed by atoms with Gasteiger partial charge in [-0.15, -0.1) is 0 Å². The van der Waals surface area contributed by atoms with E-state index in [-0.39, 0.29) is 5.91 Å². The molecule has 0 aromatic heterocycles. The Labute approximate surface area is 109 Å². The van der Waals surface area contributed by atoms with Crippen molar-refractivity contribution in [2.45, 2.75) is 19.8 Å². The van der Waals surface area contributed by atoms with Crippen molar-refractivity contribution in [1.29, 1.82) is 0 Å². The van der Waals surface area contributed by atoms with Gasteiger partial charge in [-0.2, -0.15) is 0 Å². The number of amides is 1. The number of hydrogen-bond donors (Lipinski definition) is 1. The maximum Gasteiger partial charge on any atom is 0.246 e. The molecule has 0 heterocycles. The average Bonchev–Trinajstić information content (AvgIpc) is 2.42. The largest absolute Gasteiger partial charge is 0.339 e. The first-order chi connectivity index (χ1) is 8.77. The minimum atomic E-state index is 0.0679. The maximum absolute atomic E-state index is 11.9. The lowest BCUT2D eigenvalue weighted by Crippen LogP contribution is -2.30. The highest BCUT2D eigenvalue weighted by Gasteiger charge is 2.06. The highest BCUT2D eigenvalue weighted by atomic mass is 16.2. The third kappa shape index (κ3) is 5.15. The zero-order valence-electron chi connectivity index (χ0n) is 11.0. The van der Waals surface area contributed by atoms with E-state index in [1.165, 1.54) is 0 Å². The number of carbonyl (C=O) groups is 1. The van der Waals surface area contributed by atoms with Crippen LogP contribution in [0.4, 0.5) is 0 Å². The molecule has 3 nitrogen and oxygen atoms in total. The van der Waals surface area contributed by atoms with Crippen molar-refractivity contribution in [2.24, 2.45) is 5.73 Å². The van der Waals surface area contributed by atoms with Crippen molar-refractivity contribution >= 4 is 12.0 Å². The van der Waals surface area contributed by atoms with Crippen LogP contribution in [-0.2, 0) is 4.79 Å². The SMILES string of the molecule is CCN(CCCCN)C(=O)/C=C/c1ccccc1. The predicted molar refractivity (Wildman–Crippen MR) is 76.0 cm³/mol. The van der Waals surface area contributed by atoms with Gasteiger partial charge in [0.15, 0.2) is 0 Å². The van der Waals surface area contributed by atoms with Gasteiger partial charge >= 0.3 is 0 Å². The van der Waals surface area contributed by atoms with E-state index in [1.54, 1.807) is 6.08 Å². The van der Waals surface area contributed by atoms with Crippen LogP contribution in [0, 0.1) is 0 Å². The summed E-state index contributed by atoms with van der Waals surface area (Å²) in [6, 6.07) is 9.85. The van der Waals surface area contributed by atoms with Crippen molar-refractivity contribution in [2.75, 3.05) is 19.6 Å². The lowest BCUT2D eigenvalue weighted by molar-refractivity contribution is -0.125. The molecule has 0 fully saturated rings. The Morgan fingerprint density at radius 3 is 2.61 bits per heavy atom. The number of benzene rings is 1. The quantitative estimate of drug-likeness (QED) is 0.592. The summed E-state index contributed by atoms with van der Waals surface area (Å²) in [6.45, 7) is 4.20. The Morgan fingerprint density at radius 1 is 1.28 bits per heavy atom. The smallest absolute Gasteiger partial charge is 0.246 e. The second kappa shape index (κ2) is 8.48. The van der Waals surface area contributed by atoms with Crippen molar-refractivity contribution in [3.05, 3.63) is 42.0 Å². The molecule has 1 amide bonds. The van der Waals surface area contributed by atoms with E-state index in [0.717, 1.165) is 31.5 Å². The first-order valence-electron chi connectivity index (χ1n) is 6.50. The van der Waals surface area contributed by atoms with Gasteiger partial charge in [0, 0.05) is 19.2 Å². The molecule has 0 aliphatic rings. The fourth-order valence-electron chi connectivity index (χ4n) is 1.71. The summed E-state index contributed by atoms with van der Waals surface area (Å²) in [6.07, 6.45) is 5.43. The monoisotopic (exact) mass is 246 g/mol. The van der Waals surface area contributed by atoms with E-state index in [4.69, 9.17) is 5.73 Å². The Hall–Kier alpha value is -1.61. The number of rotatable bonds is 7. The molecule has 1 aromatic carbocycles. The zero-order chi connectivity index (χ0) is 13.2. The van der Waals surface area contributed by atoms with Crippen LogP contribution >= 0.6 is 0 Å². The summed E-state index contributed by atoms with van der Waals surface area (Å²) in [5.74, 6) is 0.0679. The second-order valence-corrected chi connectivity index (χ2v) is 4.16. The molecule has 18 heavy (non-hydrogen) atoms. The van der Waals surface area contributed by atoms with Gasteiger partial charge in [0.25, 0.3) is 0 Å². The van der Waals surface area contributed by atoms with Crippen LogP contribution in [0.15, 0.2) is 36.4 Å². The Morgan fingerprint density at radius 2 is 2.00 bits per heavy atom. The molecule has 1 rings (SSSR count). The van der Waals surface area contributed by atoms with Gasteiger partial charge < -0.3 is 10.6 Å². The third-order valence-electron chi connectivity index (χ3n) is 2.79. The van der Waals surface area contributed by atoms with E-state index >= 15 is 0 Å². The van der Waals surface area contributed by atoms with Crippen LogP contribution < -0.4 is 5.73 Å². The van der Waals surface area contributed by atoms with Crippen LogP contribution in [0.5, 0.6) is 0 Å². The standard InChI is InChI=1S/C15H22N2O/c1-2-17(13-7-6-12-16)15(18)11-10-14-8-4-3-5-9-14/h3-5,8-11H,2,6-7,12-13,16H2,1H3/b11-10+. The van der Waals surface area contributed by atoms with Crippen molar-refractivity contribution < 1.29 is 4.79 Å². The Balaban J connectivity index is 2.49. The Kier molecular flexibility index (Phi) is 6.81. The molecular weight excluding hydrogens is 224 g/mol. The van der Waals surface area contributed by atoms with Gasteiger partial charge in [0.1, 0.15) is 0 Å². The van der Waals surface area contributed by atoms with E-state index in [2.05, 4.69) is 0 Å². The van der Waals surface area contributed by atoms with Gasteiger partial charge in [-0.1, -0.05) is 30.3 Å². The average molecular weight is 246 g/mol. The van der Waals surface area contributed by atoms with Crippen molar-refractivity contribution in [3.63, 3.8) is 0 Å². The fourth-order valence-corrected chi connectivity index (χ4v) is 1.71. The number of carbonyl (C=O) groups excluding carboxylic acids is 1. The lowest BCUT2D eigenvalue weighted by atomic mass is 10.2. The summed E-state index contributed by atoms with van der Waals surface area (Å²) in [5, 5.41) is 0. The molecule has 0 aliphatic heterocycles. The maximum atomic E-state index is 11.9. The van der Waals surface area contributed by atoms with Gasteiger partial charge in [0.05, 0.1) is 0 Å². The molecule has 1 aromatic rings. The van der Waals surface area contributed by atoms with E-state index in [0.29, 0.717) is 6.54 Å². The van der Waals surface area contributed by atoms with Gasteiger partial charge in [0.2, 0.25) is 5.91 Å². The molecule has 0 unspecified atom stereocenters. The molecule has 0 spiro atoms. The number of nitrogens with zero attached hydrogens (tertiary/aromatic N) is 1. The van der Waals surface area contributed by atoms with Crippen LogP contribution in [0.1, 0.15) is 25.3 Å². The number of nitrogens with two attached hydrogens (primary N) is 1. The molecule has 0 aliphatic carbocycles. The summed E-state index contributed by atoms with van der Waals surface area (Å²) < 4.78 is 0. The summed E-state index contributed by atoms with van der Waals surface area (Å²) in [5.41, 5.74) is 6.49. The van der Waals surface area contributed by atoms with E-state index in [1.807, 2.05) is 48.2 Å².